The molecule has 0 saturated carbocycles. The Morgan fingerprint density at radius 2 is 2.00 bits per heavy atom. The summed E-state index contributed by atoms with van der Waals surface area (Å²) in [6.07, 6.45) is -0.441. The van der Waals surface area contributed by atoms with Crippen LogP contribution >= 0.6 is 11.3 Å². The first-order valence-electron chi connectivity index (χ1n) is 5.73. The highest BCUT2D eigenvalue weighted by molar-refractivity contribution is 7.11. The molecule has 2 nitrogen and oxygen atoms in total. The standard InChI is InChI=1S/C14H17NOS/c1-10-7-8-12(17-10)9-15-14-6-4-3-5-13(14)11(2)16/h3-8,11,15-16H,9H2,1-2H3. The van der Waals surface area contributed by atoms with Gasteiger partial charge >= 0.3 is 0 Å². The van der Waals surface area contributed by atoms with Crippen molar-refractivity contribution in [1.29, 1.82) is 0 Å². The molecule has 0 bridgehead atoms. The van der Waals surface area contributed by atoms with Crippen LogP contribution in [0, 0.1) is 6.92 Å². The SMILES string of the molecule is Cc1ccc(CNc2ccccc2C(C)O)s1. The van der Waals surface area contributed by atoms with E-state index in [0.29, 0.717) is 0 Å². The lowest BCUT2D eigenvalue weighted by atomic mass is 10.1. The number of hydrogen-bond acceptors (Lipinski definition) is 3. The molecule has 2 aromatic rings. The Balaban J connectivity index is 2.08. The number of aryl methyl sites for hydroxylation is 1. The van der Waals surface area contributed by atoms with Gasteiger partial charge in [0.05, 0.1) is 6.10 Å². The van der Waals surface area contributed by atoms with Gasteiger partial charge in [-0.15, -0.1) is 11.3 Å². The summed E-state index contributed by atoms with van der Waals surface area (Å²) in [7, 11) is 0. The number of anilines is 1. The first-order valence-corrected chi connectivity index (χ1v) is 6.54. The Morgan fingerprint density at radius 1 is 1.24 bits per heavy atom. The van der Waals surface area contributed by atoms with Crippen molar-refractivity contribution in [2.24, 2.45) is 0 Å². The lowest BCUT2D eigenvalue weighted by Gasteiger charge is -2.13. The fraction of sp³-hybridized carbons (Fsp3) is 0.286. The average molecular weight is 247 g/mol. The maximum atomic E-state index is 9.67. The van der Waals surface area contributed by atoms with Gasteiger partial charge < -0.3 is 10.4 Å². The zero-order chi connectivity index (χ0) is 12.3. The molecular formula is C14H17NOS. The minimum absolute atomic E-state index is 0.441. The summed E-state index contributed by atoms with van der Waals surface area (Å²) < 4.78 is 0. The molecule has 0 spiro atoms. The molecule has 0 aliphatic rings. The minimum Gasteiger partial charge on any atom is -0.389 e. The van der Waals surface area contributed by atoms with E-state index in [4.69, 9.17) is 0 Å². The molecule has 2 rings (SSSR count). The second-order valence-corrected chi connectivity index (χ2v) is 5.50. The van der Waals surface area contributed by atoms with Crippen molar-refractivity contribution in [2.75, 3.05) is 5.32 Å². The zero-order valence-corrected chi connectivity index (χ0v) is 10.9. The molecule has 1 unspecified atom stereocenters. The van der Waals surface area contributed by atoms with Crippen molar-refractivity contribution in [1.82, 2.24) is 0 Å². The number of aliphatic hydroxyl groups excluding tert-OH is 1. The van der Waals surface area contributed by atoms with Crippen molar-refractivity contribution in [2.45, 2.75) is 26.5 Å². The van der Waals surface area contributed by atoms with Crippen LogP contribution in [0.1, 0.15) is 28.3 Å². The number of nitrogens with one attached hydrogen (secondary N) is 1. The third-order valence-electron chi connectivity index (χ3n) is 2.66. The van der Waals surface area contributed by atoms with E-state index in [-0.39, 0.29) is 0 Å². The number of benzene rings is 1. The predicted octanol–water partition coefficient (Wildman–Crippen LogP) is 3.72. The molecule has 1 aromatic heterocycles. The van der Waals surface area contributed by atoms with Crippen LogP contribution in [0.2, 0.25) is 0 Å². The van der Waals surface area contributed by atoms with Gasteiger partial charge in [-0.1, -0.05) is 18.2 Å². The number of thiophene rings is 1. The number of rotatable bonds is 4. The van der Waals surface area contributed by atoms with Gasteiger partial charge in [0.15, 0.2) is 0 Å². The van der Waals surface area contributed by atoms with Crippen LogP contribution in [0.4, 0.5) is 5.69 Å². The normalized spacial score (nSPS) is 12.4. The van der Waals surface area contributed by atoms with E-state index in [1.165, 1.54) is 9.75 Å². The molecule has 0 aliphatic heterocycles. The monoisotopic (exact) mass is 247 g/mol. The molecular weight excluding hydrogens is 230 g/mol. The lowest BCUT2D eigenvalue weighted by Crippen LogP contribution is -2.03. The summed E-state index contributed by atoms with van der Waals surface area (Å²) in [6, 6.07) is 12.1. The fourth-order valence-electron chi connectivity index (χ4n) is 1.78. The summed E-state index contributed by atoms with van der Waals surface area (Å²) in [4.78, 5) is 2.63. The van der Waals surface area contributed by atoms with Crippen molar-refractivity contribution in [3.8, 4) is 0 Å². The molecule has 0 radical (unpaired) electrons. The number of para-hydroxylation sites is 1. The molecule has 2 N–H and O–H groups in total. The number of aliphatic hydroxyl groups is 1. The molecule has 1 atom stereocenters. The Hall–Kier alpha value is -1.32. The Morgan fingerprint density at radius 3 is 2.65 bits per heavy atom. The number of hydrogen-bond donors (Lipinski definition) is 2. The van der Waals surface area contributed by atoms with Gasteiger partial charge in [-0.3, -0.25) is 0 Å². The molecule has 17 heavy (non-hydrogen) atoms. The van der Waals surface area contributed by atoms with Gasteiger partial charge in [0.1, 0.15) is 0 Å². The third-order valence-corrected chi connectivity index (χ3v) is 3.66. The molecule has 3 heteroatoms. The van der Waals surface area contributed by atoms with Crippen LogP contribution in [-0.2, 0) is 6.54 Å². The van der Waals surface area contributed by atoms with E-state index in [1.807, 2.05) is 24.3 Å². The van der Waals surface area contributed by atoms with Gasteiger partial charge in [0.25, 0.3) is 0 Å². The van der Waals surface area contributed by atoms with Crippen LogP contribution < -0.4 is 5.32 Å². The van der Waals surface area contributed by atoms with E-state index in [2.05, 4.69) is 24.4 Å². The fourth-order valence-corrected chi connectivity index (χ4v) is 2.61. The summed E-state index contributed by atoms with van der Waals surface area (Å²) in [5.41, 5.74) is 1.95. The topological polar surface area (TPSA) is 32.3 Å². The second-order valence-electron chi connectivity index (χ2n) is 4.13. The van der Waals surface area contributed by atoms with Gasteiger partial charge in [-0.05, 0) is 32.0 Å². The second kappa shape index (κ2) is 5.34. The van der Waals surface area contributed by atoms with E-state index in [0.717, 1.165) is 17.8 Å². The molecule has 0 fully saturated rings. The molecule has 1 heterocycles. The summed E-state index contributed by atoms with van der Waals surface area (Å²) in [6.45, 7) is 4.70. The smallest absolute Gasteiger partial charge is 0.0781 e. The van der Waals surface area contributed by atoms with Crippen molar-refractivity contribution < 1.29 is 5.11 Å². The Bertz CT molecular complexity index is 490. The van der Waals surface area contributed by atoms with Crippen molar-refractivity contribution in [3.05, 3.63) is 51.7 Å². The van der Waals surface area contributed by atoms with Crippen LogP contribution in [0.5, 0.6) is 0 Å². The third kappa shape index (κ3) is 3.08. The molecule has 0 saturated heterocycles. The maximum absolute atomic E-state index is 9.67. The molecule has 1 aromatic carbocycles. The molecule has 0 aliphatic carbocycles. The van der Waals surface area contributed by atoms with Gasteiger partial charge in [0, 0.05) is 27.5 Å². The largest absolute Gasteiger partial charge is 0.389 e. The van der Waals surface area contributed by atoms with Crippen molar-refractivity contribution >= 4 is 17.0 Å². The van der Waals surface area contributed by atoms with E-state index >= 15 is 0 Å². The average Bonchev–Trinajstić information content (AvgIpc) is 2.73. The van der Waals surface area contributed by atoms with Crippen LogP contribution in [-0.4, -0.2) is 5.11 Å². The zero-order valence-electron chi connectivity index (χ0n) is 10.1. The maximum Gasteiger partial charge on any atom is 0.0781 e. The van der Waals surface area contributed by atoms with Crippen molar-refractivity contribution in [3.63, 3.8) is 0 Å². The minimum atomic E-state index is -0.441. The van der Waals surface area contributed by atoms with E-state index in [9.17, 15) is 5.11 Å². The first-order chi connectivity index (χ1) is 8.16. The molecule has 0 amide bonds. The van der Waals surface area contributed by atoms with Gasteiger partial charge in [-0.25, -0.2) is 0 Å². The Kier molecular flexibility index (Phi) is 3.82. The highest BCUT2D eigenvalue weighted by Crippen LogP contribution is 2.23. The first kappa shape index (κ1) is 12.1. The predicted molar refractivity (Wildman–Crippen MR) is 73.5 cm³/mol. The highest BCUT2D eigenvalue weighted by atomic mass is 32.1. The van der Waals surface area contributed by atoms with E-state index in [1.54, 1.807) is 18.3 Å². The molecule has 90 valence electrons. The Labute approximate surface area is 106 Å². The van der Waals surface area contributed by atoms with Gasteiger partial charge in [0.2, 0.25) is 0 Å². The lowest BCUT2D eigenvalue weighted by molar-refractivity contribution is 0.200. The van der Waals surface area contributed by atoms with Crippen LogP contribution in [0.15, 0.2) is 36.4 Å². The summed E-state index contributed by atoms with van der Waals surface area (Å²) >= 11 is 1.80. The van der Waals surface area contributed by atoms with Crippen LogP contribution in [0.25, 0.3) is 0 Å². The quantitative estimate of drug-likeness (QED) is 0.863. The highest BCUT2D eigenvalue weighted by Gasteiger charge is 2.06. The van der Waals surface area contributed by atoms with E-state index < -0.39 is 6.10 Å². The summed E-state index contributed by atoms with van der Waals surface area (Å²) in [5.74, 6) is 0. The summed E-state index contributed by atoms with van der Waals surface area (Å²) in [5, 5.41) is 13.0. The van der Waals surface area contributed by atoms with Crippen LogP contribution in [0.3, 0.4) is 0 Å². The van der Waals surface area contributed by atoms with Gasteiger partial charge in [-0.2, -0.15) is 0 Å².